The monoisotopic (exact) mass is 670 g/mol. The molecule has 1 N–H and O–H groups in total. The third-order valence-corrected chi connectivity index (χ3v) is 6.68. The van der Waals surface area contributed by atoms with Gasteiger partial charge in [-0.15, -0.1) is 0 Å². The fourth-order valence-electron chi connectivity index (χ4n) is 4.05. The van der Waals surface area contributed by atoms with Crippen LogP contribution in [0, 0.1) is 0 Å². The number of nitrogens with one attached hydrogen (secondary N) is 1. The molecule has 0 fully saturated rings. The van der Waals surface area contributed by atoms with E-state index in [0.717, 1.165) is 29.3 Å². The van der Waals surface area contributed by atoms with Crippen LogP contribution >= 0.6 is 15.9 Å². The Kier molecular flexibility index (Phi) is 11.3. The third kappa shape index (κ3) is 9.00. The van der Waals surface area contributed by atoms with Crippen LogP contribution in [0.2, 0.25) is 0 Å². The Morgan fingerprint density at radius 2 is 1.52 bits per heavy atom. The number of hydrogen-bond acceptors (Lipinski definition) is 6. The van der Waals surface area contributed by atoms with Crippen LogP contribution in [0.3, 0.4) is 0 Å². The van der Waals surface area contributed by atoms with Gasteiger partial charge in [-0.25, -0.2) is 5.43 Å². The lowest BCUT2D eigenvalue weighted by Crippen LogP contribution is -2.18. The van der Waals surface area contributed by atoms with E-state index in [4.69, 9.17) is 18.9 Å². The summed E-state index contributed by atoms with van der Waals surface area (Å²) in [6, 6.07) is 22.9. The molecule has 0 spiro atoms. The van der Waals surface area contributed by atoms with Gasteiger partial charge in [0.25, 0.3) is 5.91 Å². The van der Waals surface area contributed by atoms with Crippen molar-refractivity contribution < 1.29 is 36.9 Å². The molecular formula is C33H30BrF3N2O5. The van der Waals surface area contributed by atoms with Gasteiger partial charge < -0.3 is 18.9 Å². The molecule has 0 unspecified atom stereocenters. The van der Waals surface area contributed by atoms with Gasteiger partial charge in [-0.3, -0.25) is 4.79 Å². The lowest BCUT2D eigenvalue weighted by atomic mass is 10.1. The minimum atomic E-state index is -4.56. The van der Waals surface area contributed by atoms with Crippen LogP contribution in [0.1, 0.15) is 46.5 Å². The fraction of sp³-hybridized carbons (Fsp3) is 0.212. The molecule has 1 amide bonds. The normalized spacial score (nSPS) is 11.3. The lowest BCUT2D eigenvalue weighted by Gasteiger charge is -2.16. The van der Waals surface area contributed by atoms with Crippen molar-refractivity contribution in [1.29, 1.82) is 0 Å². The highest BCUT2D eigenvalue weighted by Crippen LogP contribution is 2.38. The Bertz CT molecular complexity index is 1600. The first-order valence-corrected chi connectivity index (χ1v) is 14.5. The predicted molar refractivity (Wildman–Crippen MR) is 165 cm³/mol. The largest absolute Gasteiger partial charge is 0.490 e. The van der Waals surface area contributed by atoms with E-state index in [9.17, 15) is 18.0 Å². The zero-order valence-electron chi connectivity index (χ0n) is 24.0. The highest BCUT2D eigenvalue weighted by Gasteiger charge is 2.30. The number of ether oxygens (including phenoxy) is 4. The second-order valence-electron chi connectivity index (χ2n) is 9.32. The molecule has 0 bridgehead atoms. The standard InChI is InChI=1S/C33H30BrF3N2O5/c1-3-41-29-16-23(13-14-28(29)43-20-22-9-6-5-7-10-22)21-44-31-27(34)15-24(17-30(31)42-4-2)19-38-39-32(40)25-11-8-12-26(18-25)33(35,36)37/h5-19H,3-4,20-21H2,1-2H3,(H,39,40)/b38-19+. The molecule has 4 aromatic carbocycles. The highest BCUT2D eigenvalue weighted by atomic mass is 79.9. The molecule has 44 heavy (non-hydrogen) atoms. The number of amides is 1. The Balaban J connectivity index is 1.44. The number of hydrogen-bond donors (Lipinski definition) is 1. The molecular weight excluding hydrogens is 641 g/mol. The number of halogens is 4. The summed E-state index contributed by atoms with van der Waals surface area (Å²) >= 11 is 3.51. The SMILES string of the molecule is CCOc1cc(COc2c(Br)cc(/C=N/NC(=O)c3cccc(C(F)(F)F)c3)cc2OCC)ccc1OCc1ccccc1. The van der Waals surface area contributed by atoms with Crippen molar-refractivity contribution in [3.63, 3.8) is 0 Å². The zero-order valence-corrected chi connectivity index (χ0v) is 25.6. The Morgan fingerprint density at radius 3 is 2.25 bits per heavy atom. The van der Waals surface area contributed by atoms with Gasteiger partial charge in [0.2, 0.25) is 0 Å². The summed E-state index contributed by atoms with van der Waals surface area (Å²) in [6.45, 7) is 5.17. The van der Waals surface area contributed by atoms with E-state index in [-0.39, 0.29) is 12.2 Å². The zero-order chi connectivity index (χ0) is 31.5. The van der Waals surface area contributed by atoms with Gasteiger partial charge in [0.05, 0.1) is 29.5 Å². The van der Waals surface area contributed by atoms with Crippen LogP contribution in [0.25, 0.3) is 0 Å². The minimum Gasteiger partial charge on any atom is -0.490 e. The Morgan fingerprint density at radius 1 is 0.795 bits per heavy atom. The van der Waals surface area contributed by atoms with Gasteiger partial charge in [-0.2, -0.15) is 18.3 Å². The molecule has 0 aliphatic rings. The van der Waals surface area contributed by atoms with Gasteiger partial charge in [0.15, 0.2) is 23.0 Å². The van der Waals surface area contributed by atoms with E-state index < -0.39 is 17.6 Å². The number of rotatable bonds is 13. The lowest BCUT2D eigenvalue weighted by molar-refractivity contribution is -0.137. The number of alkyl halides is 3. The van der Waals surface area contributed by atoms with Crippen molar-refractivity contribution >= 4 is 28.1 Å². The second-order valence-corrected chi connectivity index (χ2v) is 10.2. The van der Waals surface area contributed by atoms with E-state index in [1.54, 1.807) is 12.1 Å². The van der Waals surface area contributed by atoms with E-state index in [2.05, 4.69) is 26.5 Å². The Labute approximate surface area is 261 Å². The first-order valence-electron chi connectivity index (χ1n) is 13.7. The van der Waals surface area contributed by atoms with Gasteiger partial charge in [0.1, 0.15) is 13.2 Å². The summed E-state index contributed by atoms with van der Waals surface area (Å²) < 4.78 is 63.2. The van der Waals surface area contributed by atoms with Gasteiger partial charge in [0, 0.05) is 5.56 Å². The van der Waals surface area contributed by atoms with Crippen LogP contribution in [0.15, 0.2) is 94.5 Å². The smallest absolute Gasteiger partial charge is 0.416 e. The summed E-state index contributed by atoms with van der Waals surface area (Å²) in [4.78, 5) is 12.3. The summed E-state index contributed by atoms with van der Waals surface area (Å²) in [5, 5.41) is 3.90. The molecule has 0 aliphatic heterocycles. The van der Waals surface area contributed by atoms with Crippen LogP contribution in [-0.4, -0.2) is 25.3 Å². The molecule has 11 heteroatoms. The van der Waals surface area contributed by atoms with Gasteiger partial charge >= 0.3 is 6.18 Å². The van der Waals surface area contributed by atoms with Crippen molar-refractivity contribution in [3.05, 3.63) is 117 Å². The molecule has 230 valence electrons. The van der Waals surface area contributed by atoms with E-state index >= 15 is 0 Å². The van der Waals surface area contributed by atoms with Crippen molar-refractivity contribution in [2.75, 3.05) is 13.2 Å². The predicted octanol–water partition coefficient (Wildman–Crippen LogP) is 8.19. The van der Waals surface area contributed by atoms with Crippen LogP contribution in [0.4, 0.5) is 13.2 Å². The maximum atomic E-state index is 13.0. The topological polar surface area (TPSA) is 78.4 Å². The summed E-state index contributed by atoms with van der Waals surface area (Å²) in [5.74, 6) is 1.34. The maximum absolute atomic E-state index is 13.0. The molecule has 0 heterocycles. The van der Waals surface area contributed by atoms with Crippen LogP contribution < -0.4 is 24.4 Å². The fourth-order valence-corrected chi connectivity index (χ4v) is 4.63. The molecule has 0 saturated carbocycles. The number of nitrogens with zero attached hydrogens (tertiary/aromatic N) is 1. The van der Waals surface area contributed by atoms with Gasteiger partial charge in [-0.1, -0.05) is 42.5 Å². The molecule has 0 atom stereocenters. The number of carbonyl (C=O) groups excluding carboxylic acids is 1. The third-order valence-electron chi connectivity index (χ3n) is 6.09. The molecule has 0 aliphatic carbocycles. The molecule has 4 aromatic rings. The summed E-state index contributed by atoms with van der Waals surface area (Å²) in [7, 11) is 0. The summed E-state index contributed by atoms with van der Waals surface area (Å²) in [6.07, 6.45) is -3.21. The minimum absolute atomic E-state index is 0.166. The number of hydrazone groups is 1. The average Bonchev–Trinajstić information content (AvgIpc) is 3.00. The van der Waals surface area contributed by atoms with Crippen LogP contribution in [0.5, 0.6) is 23.0 Å². The molecule has 7 nitrogen and oxygen atoms in total. The van der Waals surface area contributed by atoms with Crippen molar-refractivity contribution in [3.8, 4) is 23.0 Å². The quantitative estimate of drug-likeness (QED) is 0.115. The van der Waals surface area contributed by atoms with E-state index in [1.165, 1.54) is 12.3 Å². The average molecular weight is 672 g/mol. The van der Waals surface area contributed by atoms with Crippen molar-refractivity contribution in [1.82, 2.24) is 5.43 Å². The molecule has 0 radical (unpaired) electrons. The van der Waals surface area contributed by atoms with Crippen molar-refractivity contribution in [2.45, 2.75) is 33.2 Å². The first kappa shape index (κ1) is 32.4. The number of benzene rings is 4. The first-order chi connectivity index (χ1) is 21.2. The maximum Gasteiger partial charge on any atom is 0.416 e. The van der Waals surface area contributed by atoms with E-state index in [1.807, 2.05) is 62.4 Å². The van der Waals surface area contributed by atoms with Crippen molar-refractivity contribution in [2.24, 2.45) is 5.10 Å². The van der Waals surface area contributed by atoms with Crippen LogP contribution in [-0.2, 0) is 19.4 Å². The molecule has 4 rings (SSSR count). The summed E-state index contributed by atoms with van der Waals surface area (Å²) in [5.41, 5.74) is 3.60. The van der Waals surface area contributed by atoms with Gasteiger partial charge in [-0.05, 0) is 88.9 Å². The molecule has 0 aromatic heterocycles. The van der Waals surface area contributed by atoms with E-state index in [0.29, 0.717) is 52.9 Å². The highest BCUT2D eigenvalue weighted by molar-refractivity contribution is 9.10. The Hall–Kier alpha value is -4.51. The second kappa shape index (κ2) is 15.3. The molecule has 0 saturated heterocycles. The number of carbonyl (C=O) groups is 1.